The molecule has 57 heavy (non-hydrogen) atoms. The first-order valence-electron chi connectivity index (χ1n) is 18.3. The number of pyridine rings is 2. The van der Waals surface area contributed by atoms with E-state index in [0.717, 1.165) is 11.6 Å². The predicted molar refractivity (Wildman–Crippen MR) is 209 cm³/mol. The van der Waals surface area contributed by atoms with Crippen LogP contribution in [0.2, 0.25) is 0 Å². The van der Waals surface area contributed by atoms with Crippen molar-refractivity contribution in [3.63, 3.8) is 0 Å². The molecule has 0 aliphatic carbocycles. The Balaban J connectivity index is 1.64. The highest BCUT2D eigenvalue weighted by molar-refractivity contribution is 5.92. The van der Waals surface area contributed by atoms with Crippen molar-refractivity contribution in [2.24, 2.45) is 5.92 Å². The second kappa shape index (κ2) is 15.3. The first-order chi connectivity index (χ1) is 27.4. The summed E-state index contributed by atoms with van der Waals surface area (Å²) in [5.74, 6) is 3.94. The summed E-state index contributed by atoms with van der Waals surface area (Å²) in [7, 11) is 0. The molecule has 0 amide bonds. The molecule has 5 atom stereocenters. The number of fused-ring (bicyclic) bond motifs is 3. The van der Waals surface area contributed by atoms with Gasteiger partial charge in [-0.05, 0) is 67.3 Å². The second-order valence-corrected chi connectivity index (χ2v) is 14.5. The number of carbonyl (C=O) groups excluding carboxylic acids is 1. The van der Waals surface area contributed by atoms with Gasteiger partial charge in [0.15, 0.2) is 5.43 Å². The van der Waals surface area contributed by atoms with Crippen LogP contribution in [0.3, 0.4) is 0 Å². The van der Waals surface area contributed by atoms with Gasteiger partial charge in [-0.15, -0.1) is 5.92 Å². The van der Waals surface area contributed by atoms with E-state index in [0.29, 0.717) is 16.9 Å². The van der Waals surface area contributed by atoms with Crippen LogP contribution >= 0.6 is 0 Å². The summed E-state index contributed by atoms with van der Waals surface area (Å²) in [5, 5.41) is 54.7. The van der Waals surface area contributed by atoms with Crippen LogP contribution in [0.15, 0.2) is 87.9 Å². The molecule has 0 fully saturated rings. The average Bonchev–Trinajstić information content (AvgIpc) is 3.19. The number of aromatic hydroxyl groups is 2. The number of carbonyl (C=O) groups is 1. The maximum atomic E-state index is 14.0. The summed E-state index contributed by atoms with van der Waals surface area (Å²) in [6, 6.07) is 14.1. The molecule has 294 valence electrons. The molecule has 9 N–H and O–H groups in total. The van der Waals surface area contributed by atoms with E-state index in [4.69, 9.17) is 25.4 Å². The topological polar surface area (TPSA) is 245 Å². The second-order valence-electron chi connectivity index (χ2n) is 14.5. The van der Waals surface area contributed by atoms with Crippen LogP contribution in [0, 0.1) is 17.8 Å². The maximum absolute atomic E-state index is 14.0. The highest BCUT2D eigenvalue weighted by Crippen LogP contribution is 2.56. The van der Waals surface area contributed by atoms with E-state index in [1.807, 2.05) is 6.07 Å². The van der Waals surface area contributed by atoms with Gasteiger partial charge < -0.3 is 50.9 Å². The summed E-state index contributed by atoms with van der Waals surface area (Å²) < 4.78 is 19.7. The third-order valence-electron chi connectivity index (χ3n) is 11.2. The van der Waals surface area contributed by atoms with Gasteiger partial charge in [-0.1, -0.05) is 30.2 Å². The van der Waals surface area contributed by atoms with E-state index >= 15 is 0 Å². The molecular formula is C43H42N4O10. The first kappa shape index (κ1) is 38.9. The number of nitrogens with zero attached hydrogens (tertiary/aromatic N) is 2. The molecule has 0 saturated heterocycles. The third kappa shape index (κ3) is 6.80. The van der Waals surface area contributed by atoms with Crippen LogP contribution in [0.5, 0.6) is 17.2 Å². The lowest BCUT2D eigenvalue weighted by molar-refractivity contribution is -0.165. The first-order valence-corrected chi connectivity index (χ1v) is 18.3. The van der Waals surface area contributed by atoms with E-state index < -0.39 is 65.9 Å². The summed E-state index contributed by atoms with van der Waals surface area (Å²) >= 11 is 0. The molecule has 3 aromatic heterocycles. The standard InChI is InChI=1S/C43H42N4O10/c1-3-24(20-48)41(54)56-32-18-30-38(53)35-31(52)17-29(21-49)55-40(35)36-37(25-11-13-46-34(45)15-25)43(22-50,27-6-4-8-28(51)16-27)12-5-7-26(42(32,2)57-39(30)36)14-23-9-10-33(44)47-19-23/h3-4,6,8-11,13,15-17,19,26,32,37,48-51,53H,7,14,18,20-22H2,1-2H3,(H2,44,47)(H2,45,46)/b24-3-/t26-,32-,37-,42+,43+/m1/s1. The van der Waals surface area contributed by atoms with Crippen molar-refractivity contribution in [2.75, 3.05) is 24.7 Å². The number of hydrogen-bond donors (Lipinski definition) is 7. The number of anilines is 2. The number of aliphatic hydroxyl groups excluding tert-OH is 3. The molecule has 14 nitrogen and oxygen atoms in total. The number of nitrogens with two attached hydrogens (primary N) is 2. The minimum atomic E-state index is -1.63. The SMILES string of the molecule is C/C=C(/CO)C(=O)O[C@@H]1Cc2c3c(c4oc(CO)cc(=O)c4c2O)[C@@H](c2ccnc(N)c2)[C@@](CO)(c2cccc(O)c2)C#CC[C@H](Cc2ccc(N)nc2)[C@]1(C)O3. The number of phenolic OH excluding ortho intramolecular Hbond substituents is 2. The molecule has 5 aromatic rings. The molecule has 2 aliphatic heterocycles. The Bertz CT molecular complexity index is 2520. The fourth-order valence-electron chi connectivity index (χ4n) is 8.09. The van der Waals surface area contributed by atoms with Gasteiger partial charge in [0.2, 0.25) is 0 Å². The van der Waals surface area contributed by atoms with Crippen LogP contribution in [-0.2, 0) is 34.4 Å². The Hall–Kier alpha value is -6.40. The molecule has 0 spiro atoms. The minimum absolute atomic E-state index is 0.00174. The van der Waals surface area contributed by atoms with Gasteiger partial charge in [0.1, 0.15) is 63.9 Å². The van der Waals surface area contributed by atoms with Crippen molar-refractivity contribution in [2.45, 2.75) is 62.8 Å². The Morgan fingerprint density at radius 3 is 2.54 bits per heavy atom. The fourth-order valence-corrected chi connectivity index (χ4v) is 8.09. The number of aliphatic hydroxyl groups is 3. The van der Waals surface area contributed by atoms with Crippen LogP contribution < -0.4 is 21.6 Å². The lowest BCUT2D eigenvalue weighted by Crippen LogP contribution is -2.57. The zero-order valence-corrected chi connectivity index (χ0v) is 31.2. The van der Waals surface area contributed by atoms with Gasteiger partial charge in [-0.3, -0.25) is 4.79 Å². The minimum Gasteiger partial charge on any atom is -0.508 e. The fraction of sp³-hybridized carbons (Fsp3) is 0.302. The number of nitrogen functional groups attached to an aromatic ring is 2. The number of esters is 1. The quantitative estimate of drug-likeness (QED) is 0.0644. The maximum Gasteiger partial charge on any atom is 0.336 e. The Kier molecular flexibility index (Phi) is 10.4. The van der Waals surface area contributed by atoms with E-state index in [1.165, 1.54) is 24.4 Å². The molecule has 2 bridgehead atoms. The number of allylic oxidation sites excluding steroid dienone is 1. The van der Waals surface area contributed by atoms with Crippen molar-refractivity contribution in [1.29, 1.82) is 0 Å². The number of ether oxygens (including phenoxy) is 2. The highest BCUT2D eigenvalue weighted by Gasteiger charge is 2.54. The van der Waals surface area contributed by atoms with Crippen LogP contribution in [0.1, 0.15) is 59.8 Å². The molecule has 0 unspecified atom stereocenters. The summed E-state index contributed by atoms with van der Waals surface area (Å²) in [6.07, 6.45) is 3.61. The third-order valence-corrected chi connectivity index (χ3v) is 11.2. The summed E-state index contributed by atoms with van der Waals surface area (Å²) in [5.41, 5.74) is 10.2. The van der Waals surface area contributed by atoms with Gasteiger partial charge in [0, 0.05) is 54.3 Å². The van der Waals surface area contributed by atoms with Crippen LogP contribution in [-0.4, -0.2) is 66.4 Å². The normalized spacial score (nSPS) is 22.9. The van der Waals surface area contributed by atoms with Crippen molar-refractivity contribution in [3.8, 4) is 29.1 Å². The van der Waals surface area contributed by atoms with Gasteiger partial charge in [0.25, 0.3) is 0 Å². The predicted octanol–water partition coefficient (Wildman–Crippen LogP) is 3.52. The average molecular weight is 775 g/mol. The van der Waals surface area contributed by atoms with Crippen molar-refractivity contribution >= 4 is 28.6 Å². The molecule has 0 radical (unpaired) electrons. The summed E-state index contributed by atoms with van der Waals surface area (Å²) in [4.78, 5) is 36.1. The molecule has 0 saturated carbocycles. The van der Waals surface area contributed by atoms with E-state index in [9.17, 15) is 35.1 Å². The van der Waals surface area contributed by atoms with E-state index in [1.54, 1.807) is 50.4 Å². The Labute approximate surface area is 327 Å². The number of phenols is 2. The zero-order valence-electron chi connectivity index (χ0n) is 31.2. The van der Waals surface area contributed by atoms with E-state index in [2.05, 4.69) is 21.8 Å². The highest BCUT2D eigenvalue weighted by atomic mass is 16.6. The molecule has 14 heteroatoms. The molecule has 7 rings (SSSR count). The number of benzene rings is 2. The molecule has 5 heterocycles. The molecular weight excluding hydrogens is 732 g/mol. The van der Waals surface area contributed by atoms with Crippen LogP contribution in [0.4, 0.5) is 11.6 Å². The van der Waals surface area contributed by atoms with Gasteiger partial charge in [-0.25, -0.2) is 14.8 Å². The van der Waals surface area contributed by atoms with Crippen molar-refractivity contribution in [3.05, 3.63) is 122 Å². The number of aromatic nitrogens is 2. The largest absolute Gasteiger partial charge is 0.508 e. The monoisotopic (exact) mass is 774 g/mol. The smallest absolute Gasteiger partial charge is 0.336 e. The van der Waals surface area contributed by atoms with Gasteiger partial charge in [-0.2, -0.15) is 0 Å². The Morgan fingerprint density at radius 2 is 1.88 bits per heavy atom. The van der Waals surface area contributed by atoms with Gasteiger partial charge in [0.05, 0.1) is 24.2 Å². The van der Waals surface area contributed by atoms with Crippen molar-refractivity contribution < 1.29 is 44.2 Å². The lowest BCUT2D eigenvalue weighted by atomic mass is 9.63. The number of rotatable bonds is 9. The molecule has 2 aromatic carbocycles. The summed E-state index contributed by atoms with van der Waals surface area (Å²) in [6.45, 7) is 1.45. The molecule has 2 aliphatic rings. The zero-order chi connectivity index (χ0) is 40.6. The van der Waals surface area contributed by atoms with E-state index in [-0.39, 0.29) is 70.0 Å². The number of hydrogen-bond acceptors (Lipinski definition) is 14. The van der Waals surface area contributed by atoms with Crippen molar-refractivity contribution in [1.82, 2.24) is 9.97 Å². The Morgan fingerprint density at radius 1 is 1.07 bits per heavy atom. The lowest BCUT2D eigenvalue weighted by Gasteiger charge is -2.48. The van der Waals surface area contributed by atoms with Gasteiger partial charge >= 0.3 is 5.97 Å². The van der Waals surface area contributed by atoms with Crippen LogP contribution in [0.25, 0.3) is 11.0 Å².